The maximum atomic E-state index is 13.3. The van der Waals surface area contributed by atoms with E-state index in [2.05, 4.69) is 6.07 Å². The zero-order valence-corrected chi connectivity index (χ0v) is 17.7. The molecule has 1 fully saturated rings. The van der Waals surface area contributed by atoms with Crippen LogP contribution in [-0.4, -0.2) is 47.9 Å². The van der Waals surface area contributed by atoms with Gasteiger partial charge in [-0.2, -0.15) is 0 Å². The number of amides is 2. The zero-order valence-electron chi connectivity index (χ0n) is 16.2. The first-order chi connectivity index (χ1) is 14.0. The average molecular weight is 433 g/mol. The van der Waals surface area contributed by atoms with Gasteiger partial charge in [-0.1, -0.05) is 29.3 Å². The van der Waals surface area contributed by atoms with Gasteiger partial charge in [-0.3, -0.25) is 9.59 Å². The zero-order chi connectivity index (χ0) is 20.5. The first kappa shape index (κ1) is 20.0. The maximum Gasteiger partial charge on any atom is 0.256 e. The van der Waals surface area contributed by atoms with E-state index < -0.39 is 6.04 Å². The second-order valence-corrected chi connectivity index (χ2v) is 8.27. The van der Waals surface area contributed by atoms with E-state index in [0.717, 1.165) is 24.2 Å². The summed E-state index contributed by atoms with van der Waals surface area (Å²) in [5.41, 5.74) is 2.67. The van der Waals surface area contributed by atoms with Crippen LogP contribution in [0.3, 0.4) is 0 Å². The number of methoxy groups -OCH3 is 1. The van der Waals surface area contributed by atoms with Crippen molar-refractivity contribution >= 4 is 35.0 Å². The number of halogens is 2. The van der Waals surface area contributed by atoms with Crippen LogP contribution in [0.4, 0.5) is 0 Å². The lowest BCUT2D eigenvalue weighted by molar-refractivity contribution is -0.136. The second-order valence-electron chi connectivity index (χ2n) is 7.43. The highest BCUT2D eigenvalue weighted by Crippen LogP contribution is 2.29. The monoisotopic (exact) mass is 432 g/mol. The summed E-state index contributed by atoms with van der Waals surface area (Å²) in [6.07, 6.45) is 2.24. The molecule has 0 aromatic heterocycles. The molecule has 2 aromatic carbocycles. The molecule has 0 bridgehead atoms. The molecular weight excluding hydrogens is 411 g/mol. The number of likely N-dealkylation sites (tertiary alicyclic amines) is 1. The fourth-order valence-corrected chi connectivity index (χ4v) is 4.51. The Morgan fingerprint density at radius 2 is 1.90 bits per heavy atom. The molecule has 2 aliphatic rings. The predicted octanol–water partition coefficient (Wildman–Crippen LogP) is 4.19. The van der Waals surface area contributed by atoms with E-state index in [1.807, 2.05) is 17.0 Å². The Bertz CT molecular complexity index is 963. The highest BCUT2D eigenvalue weighted by atomic mass is 35.5. The van der Waals surface area contributed by atoms with Crippen molar-refractivity contribution in [3.05, 3.63) is 63.1 Å². The summed E-state index contributed by atoms with van der Waals surface area (Å²) in [7, 11) is 1.64. The summed E-state index contributed by atoms with van der Waals surface area (Å²) >= 11 is 12.3. The largest absolute Gasteiger partial charge is 0.497 e. The molecule has 0 saturated carbocycles. The van der Waals surface area contributed by atoms with Crippen LogP contribution in [0, 0.1) is 0 Å². The lowest BCUT2D eigenvalue weighted by atomic mass is 9.98. The molecule has 1 unspecified atom stereocenters. The van der Waals surface area contributed by atoms with Crippen LogP contribution < -0.4 is 4.74 Å². The Hall–Kier alpha value is -2.24. The molecule has 152 valence electrons. The molecule has 4 rings (SSSR count). The van der Waals surface area contributed by atoms with E-state index in [1.54, 1.807) is 30.2 Å². The first-order valence-electron chi connectivity index (χ1n) is 9.68. The summed E-state index contributed by atoms with van der Waals surface area (Å²) in [6.45, 7) is 1.72. The Kier molecular flexibility index (Phi) is 5.70. The summed E-state index contributed by atoms with van der Waals surface area (Å²) < 4.78 is 5.31. The number of fused-ring (bicyclic) bond motifs is 1. The van der Waals surface area contributed by atoms with Gasteiger partial charge in [-0.05, 0) is 60.7 Å². The molecule has 1 atom stereocenters. The fourth-order valence-electron chi connectivity index (χ4n) is 4.14. The molecule has 0 N–H and O–H groups in total. The molecule has 5 nitrogen and oxygen atoms in total. The lowest BCUT2D eigenvalue weighted by Crippen LogP contribution is -2.49. The maximum absolute atomic E-state index is 13.3. The van der Waals surface area contributed by atoms with Crippen molar-refractivity contribution in [3.63, 3.8) is 0 Å². The summed E-state index contributed by atoms with van der Waals surface area (Å²) in [4.78, 5) is 29.9. The summed E-state index contributed by atoms with van der Waals surface area (Å²) in [5.74, 6) is 0.529. The highest BCUT2D eigenvalue weighted by Gasteiger charge is 2.38. The van der Waals surface area contributed by atoms with Crippen LogP contribution >= 0.6 is 23.2 Å². The number of nitrogens with zero attached hydrogens (tertiary/aromatic N) is 2. The van der Waals surface area contributed by atoms with Crippen molar-refractivity contribution in [2.75, 3.05) is 20.2 Å². The van der Waals surface area contributed by atoms with Crippen LogP contribution in [0.25, 0.3) is 0 Å². The first-order valence-corrected chi connectivity index (χ1v) is 10.4. The van der Waals surface area contributed by atoms with Crippen LogP contribution in [0.1, 0.15) is 34.3 Å². The van der Waals surface area contributed by atoms with E-state index in [4.69, 9.17) is 27.9 Å². The number of hydrogen-bond acceptors (Lipinski definition) is 3. The SMILES string of the molecule is COc1ccc2c(c1)CN(C(=O)C1CCCN1C(=O)c1cc(Cl)ccc1Cl)CC2. The molecule has 0 spiro atoms. The van der Waals surface area contributed by atoms with Gasteiger partial charge < -0.3 is 14.5 Å². The Morgan fingerprint density at radius 3 is 2.69 bits per heavy atom. The molecule has 1 saturated heterocycles. The lowest BCUT2D eigenvalue weighted by Gasteiger charge is -2.34. The highest BCUT2D eigenvalue weighted by molar-refractivity contribution is 6.35. The van der Waals surface area contributed by atoms with Crippen molar-refractivity contribution in [2.24, 2.45) is 0 Å². The minimum Gasteiger partial charge on any atom is -0.497 e. The summed E-state index contributed by atoms with van der Waals surface area (Å²) in [6, 6.07) is 10.3. The van der Waals surface area contributed by atoms with Crippen molar-refractivity contribution in [3.8, 4) is 5.75 Å². The molecule has 0 aliphatic carbocycles. The van der Waals surface area contributed by atoms with Crippen molar-refractivity contribution in [1.82, 2.24) is 9.80 Å². The van der Waals surface area contributed by atoms with E-state index in [9.17, 15) is 9.59 Å². The molecule has 2 amide bonds. The minimum atomic E-state index is -0.468. The quantitative estimate of drug-likeness (QED) is 0.730. The van der Waals surface area contributed by atoms with Gasteiger partial charge in [0.15, 0.2) is 0 Å². The second kappa shape index (κ2) is 8.25. The topological polar surface area (TPSA) is 49.9 Å². The predicted molar refractivity (Wildman–Crippen MR) is 113 cm³/mol. The number of carbonyl (C=O) groups excluding carboxylic acids is 2. The van der Waals surface area contributed by atoms with Crippen LogP contribution in [0.15, 0.2) is 36.4 Å². The standard InChI is InChI=1S/C22H22Cl2N2O3/c1-29-17-6-4-14-8-10-25(13-15(14)11-17)22(28)20-3-2-9-26(20)21(27)18-12-16(23)5-7-19(18)24/h4-7,11-12,20H,2-3,8-10,13H2,1H3. The smallest absolute Gasteiger partial charge is 0.256 e. The molecular formula is C22H22Cl2N2O3. The normalized spacial score (nSPS) is 18.5. The Labute approximate surface area is 180 Å². The third-order valence-corrected chi connectivity index (χ3v) is 6.26. The molecule has 2 heterocycles. The van der Waals surface area contributed by atoms with Gasteiger partial charge in [-0.25, -0.2) is 0 Å². The third kappa shape index (κ3) is 3.94. The average Bonchev–Trinajstić information content (AvgIpc) is 3.23. The van der Waals surface area contributed by atoms with E-state index in [1.165, 1.54) is 5.56 Å². The Balaban J connectivity index is 1.53. The molecule has 2 aromatic rings. The van der Waals surface area contributed by atoms with Crippen molar-refractivity contribution in [1.29, 1.82) is 0 Å². The third-order valence-electron chi connectivity index (χ3n) is 5.69. The van der Waals surface area contributed by atoms with Crippen LogP contribution in [-0.2, 0) is 17.8 Å². The molecule has 0 radical (unpaired) electrons. The van der Waals surface area contributed by atoms with Gasteiger partial charge in [0.25, 0.3) is 5.91 Å². The van der Waals surface area contributed by atoms with Gasteiger partial charge in [0.2, 0.25) is 5.91 Å². The minimum absolute atomic E-state index is 0.0116. The van der Waals surface area contributed by atoms with Gasteiger partial charge in [0.1, 0.15) is 11.8 Å². The van der Waals surface area contributed by atoms with Gasteiger partial charge in [0.05, 0.1) is 17.7 Å². The van der Waals surface area contributed by atoms with Crippen molar-refractivity contribution in [2.45, 2.75) is 31.8 Å². The molecule has 29 heavy (non-hydrogen) atoms. The van der Waals surface area contributed by atoms with Crippen LogP contribution in [0.2, 0.25) is 10.0 Å². The molecule has 2 aliphatic heterocycles. The van der Waals surface area contributed by atoms with Gasteiger partial charge in [-0.15, -0.1) is 0 Å². The number of carbonyl (C=O) groups is 2. The van der Waals surface area contributed by atoms with E-state index >= 15 is 0 Å². The van der Waals surface area contributed by atoms with Crippen LogP contribution in [0.5, 0.6) is 5.75 Å². The van der Waals surface area contributed by atoms with E-state index in [0.29, 0.717) is 41.7 Å². The molecule has 7 heteroatoms. The Morgan fingerprint density at radius 1 is 1.07 bits per heavy atom. The number of hydrogen-bond donors (Lipinski definition) is 0. The summed E-state index contributed by atoms with van der Waals surface area (Å²) in [5, 5.41) is 0.790. The number of ether oxygens (including phenoxy) is 1. The number of benzene rings is 2. The fraction of sp³-hybridized carbons (Fsp3) is 0.364. The van der Waals surface area contributed by atoms with Gasteiger partial charge >= 0.3 is 0 Å². The van der Waals surface area contributed by atoms with Gasteiger partial charge in [0, 0.05) is 24.7 Å². The van der Waals surface area contributed by atoms with Crippen molar-refractivity contribution < 1.29 is 14.3 Å². The van der Waals surface area contributed by atoms with E-state index in [-0.39, 0.29) is 11.8 Å². The number of rotatable bonds is 3.